The van der Waals surface area contributed by atoms with E-state index < -0.39 is 0 Å². The normalized spacial score (nSPS) is 14.4. The monoisotopic (exact) mass is 363 g/mol. The number of amides is 1. The zero-order chi connectivity index (χ0) is 17.9. The number of nitrogens with one attached hydrogen (secondary N) is 1. The molecule has 0 unspecified atom stereocenters. The van der Waals surface area contributed by atoms with Crippen molar-refractivity contribution in [2.24, 2.45) is 0 Å². The van der Waals surface area contributed by atoms with Gasteiger partial charge in [0.1, 0.15) is 5.69 Å². The van der Waals surface area contributed by atoms with E-state index in [1.165, 1.54) is 5.56 Å². The smallest absolute Gasteiger partial charge is 0.272 e. The van der Waals surface area contributed by atoms with Crippen LogP contribution in [0, 0.1) is 6.92 Å². The molecule has 0 saturated carbocycles. The molecule has 1 amide bonds. The van der Waals surface area contributed by atoms with Gasteiger partial charge in [-0.3, -0.25) is 4.79 Å². The third kappa shape index (κ3) is 3.53. The molecule has 132 valence electrons. The molecule has 1 N–H and O–H groups in total. The topological polar surface area (TPSA) is 45.2 Å². The highest BCUT2D eigenvalue weighted by Crippen LogP contribution is 2.27. The summed E-state index contributed by atoms with van der Waals surface area (Å²) in [6.07, 6.45) is 0. The van der Waals surface area contributed by atoms with Gasteiger partial charge in [0.25, 0.3) is 5.91 Å². The van der Waals surface area contributed by atoms with Crippen LogP contribution >= 0.6 is 11.8 Å². The van der Waals surface area contributed by atoms with Crippen molar-refractivity contribution in [1.82, 2.24) is 9.88 Å². The first-order valence-corrected chi connectivity index (χ1v) is 9.97. The number of benzene rings is 2. The van der Waals surface area contributed by atoms with Crippen molar-refractivity contribution in [3.8, 4) is 0 Å². The van der Waals surface area contributed by atoms with Gasteiger partial charge in [0.15, 0.2) is 0 Å². The Labute approximate surface area is 157 Å². The Morgan fingerprint density at radius 1 is 1.08 bits per heavy atom. The standard InChI is InChI=1S/C21H21N3OS/c1-15-5-4-6-16(13-15)22-19-14-20(21(25)24-9-11-26-12-10-24)23-18-8-3-2-7-17(18)19/h2-8,13-14H,9-12H2,1H3,(H,22,23). The Balaban J connectivity index is 1.74. The summed E-state index contributed by atoms with van der Waals surface area (Å²) in [6.45, 7) is 3.65. The quantitative estimate of drug-likeness (QED) is 0.745. The lowest BCUT2D eigenvalue weighted by atomic mass is 10.1. The minimum Gasteiger partial charge on any atom is -0.355 e. The first-order chi connectivity index (χ1) is 12.7. The maximum atomic E-state index is 12.9. The summed E-state index contributed by atoms with van der Waals surface area (Å²) in [4.78, 5) is 19.5. The number of carbonyl (C=O) groups excluding carboxylic acids is 1. The Kier molecular flexibility index (Phi) is 4.80. The molecule has 0 bridgehead atoms. The number of nitrogens with zero attached hydrogens (tertiary/aromatic N) is 2. The van der Waals surface area contributed by atoms with E-state index >= 15 is 0 Å². The van der Waals surface area contributed by atoms with Crippen LogP contribution in [0.2, 0.25) is 0 Å². The maximum absolute atomic E-state index is 12.9. The van der Waals surface area contributed by atoms with Crippen LogP contribution in [0.1, 0.15) is 16.1 Å². The van der Waals surface area contributed by atoms with Crippen LogP contribution in [0.25, 0.3) is 10.9 Å². The molecular formula is C21H21N3OS. The summed E-state index contributed by atoms with van der Waals surface area (Å²) in [5, 5.41) is 4.48. The third-order valence-electron chi connectivity index (χ3n) is 4.53. The van der Waals surface area contributed by atoms with E-state index in [9.17, 15) is 4.79 Å². The van der Waals surface area contributed by atoms with E-state index in [1.54, 1.807) is 0 Å². The molecule has 1 aliphatic rings. The number of aromatic nitrogens is 1. The van der Waals surface area contributed by atoms with Crippen LogP contribution in [-0.2, 0) is 0 Å². The number of pyridine rings is 1. The van der Waals surface area contributed by atoms with Crippen molar-refractivity contribution in [3.05, 3.63) is 65.9 Å². The van der Waals surface area contributed by atoms with Gasteiger partial charge in [-0.15, -0.1) is 0 Å². The summed E-state index contributed by atoms with van der Waals surface area (Å²) in [7, 11) is 0. The second-order valence-corrected chi connectivity index (χ2v) is 7.70. The highest BCUT2D eigenvalue weighted by Gasteiger charge is 2.21. The number of aryl methyl sites for hydroxylation is 1. The minimum absolute atomic E-state index is 0.0170. The predicted octanol–water partition coefficient (Wildman–Crippen LogP) is 4.48. The summed E-state index contributed by atoms with van der Waals surface area (Å²) in [6, 6.07) is 18.1. The van der Waals surface area contributed by atoms with Crippen LogP contribution in [0.5, 0.6) is 0 Å². The van der Waals surface area contributed by atoms with E-state index in [4.69, 9.17) is 0 Å². The molecule has 5 heteroatoms. The molecule has 26 heavy (non-hydrogen) atoms. The van der Waals surface area contributed by atoms with Gasteiger partial charge in [-0.1, -0.05) is 30.3 Å². The molecule has 0 radical (unpaired) electrons. The maximum Gasteiger partial charge on any atom is 0.272 e. The van der Waals surface area contributed by atoms with Crippen LogP contribution < -0.4 is 5.32 Å². The van der Waals surface area contributed by atoms with Gasteiger partial charge in [-0.25, -0.2) is 4.98 Å². The minimum atomic E-state index is 0.0170. The fourth-order valence-electron chi connectivity index (χ4n) is 3.20. The summed E-state index contributed by atoms with van der Waals surface area (Å²) in [5.74, 6) is 2.00. The Bertz CT molecular complexity index is 951. The molecule has 1 aliphatic heterocycles. The molecule has 4 rings (SSSR count). The largest absolute Gasteiger partial charge is 0.355 e. The molecule has 1 aromatic heterocycles. The van der Waals surface area contributed by atoms with Gasteiger partial charge >= 0.3 is 0 Å². The number of fused-ring (bicyclic) bond motifs is 1. The first kappa shape index (κ1) is 16.9. The Morgan fingerprint density at radius 3 is 2.69 bits per heavy atom. The number of hydrogen-bond acceptors (Lipinski definition) is 4. The lowest BCUT2D eigenvalue weighted by Crippen LogP contribution is -2.38. The molecule has 1 fully saturated rings. The van der Waals surface area contributed by atoms with Gasteiger partial charge in [0.2, 0.25) is 0 Å². The summed E-state index contributed by atoms with van der Waals surface area (Å²) >= 11 is 1.89. The van der Waals surface area contributed by atoms with E-state index in [2.05, 4.69) is 29.4 Å². The van der Waals surface area contributed by atoms with E-state index in [1.807, 2.05) is 59.1 Å². The molecular weight excluding hydrogens is 342 g/mol. The van der Waals surface area contributed by atoms with Crippen molar-refractivity contribution >= 4 is 39.9 Å². The number of para-hydroxylation sites is 1. The number of hydrogen-bond donors (Lipinski definition) is 1. The molecule has 1 saturated heterocycles. The Morgan fingerprint density at radius 2 is 1.88 bits per heavy atom. The summed E-state index contributed by atoms with van der Waals surface area (Å²) in [5.41, 5.74) is 4.45. The molecule has 2 heterocycles. The fraction of sp³-hybridized carbons (Fsp3) is 0.238. The van der Waals surface area contributed by atoms with E-state index in [0.29, 0.717) is 5.69 Å². The molecule has 3 aromatic rings. The van der Waals surface area contributed by atoms with Crippen LogP contribution in [0.4, 0.5) is 11.4 Å². The number of carbonyl (C=O) groups is 1. The molecule has 0 aliphatic carbocycles. The number of thioether (sulfide) groups is 1. The average molecular weight is 363 g/mol. The van der Waals surface area contributed by atoms with E-state index in [-0.39, 0.29) is 5.91 Å². The van der Waals surface area contributed by atoms with Gasteiger partial charge in [0, 0.05) is 35.7 Å². The highest BCUT2D eigenvalue weighted by molar-refractivity contribution is 7.99. The zero-order valence-corrected chi connectivity index (χ0v) is 15.6. The highest BCUT2D eigenvalue weighted by atomic mass is 32.2. The van der Waals surface area contributed by atoms with Crippen molar-refractivity contribution in [2.45, 2.75) is 6.92 Å². The third-order valence-corrected chi connectivity index (χ3v) is 5.47. The van der Waals surface area contributed by atoms with Crippen molar-refractivity contribution in [3.63, 3.8) is 0 Å². The van der Waals surface area contributed by atoms with Crippen LogP contribution in [0.3, 0.4) is 0 Å². The van der Waals surface area contributed by atoms with Gasteiger partial charge in [-0.05, 0) is 36.8 Å². The first-order valence-electron chi connectivity index (χ1n) is 8.81. The summed E-state index contributed by atoms with van der Waals surface area (Å²) < 4.78 is 0. The van der Waals surface area contributed by atoms with Gasteiger partial charge < -0.3 is 10.2 Å². The van der Waals surface area contributed by atoms with Crippen molar-refractivity contribution < 1.29 is 4.79 Å². The molecule has 2 aromatic carbocycles. The van der Waals surface area contributed by atoms with Gasteiger partial charge in [0.05, 0.1) is 11.2 Å². The SMILES string of the molecule is Cc1cccc(Nc2cc(C(=O)N3CCSCC3)nc3ccccc23)c1. The molecule has 0 atom stereocenters. The van der Waals surface area contributed by atoms with Gasteiger partial charge in [-0.2, -0.15) is 11.8 Å². The zero-order valence-electron chi connectivity index (χ0n) is 14.7. The average Bonchev–Trinajstić information content (AvgIpc) is 2.68. The number of anilines is 2. The predicted molar refractivity (Wildman–Crippen MR) is 109 cm³/mol. The number of rotatable bonds is 3. The lowest BCUT2D eigenvalue weighted by Gasteiger charge is -2.26. The second-order valence-electron chi connectivity index (χ2n) is 6.47. The lowest BCUT2D eigenvalue weighted by molar-refractivity contribution is 0.0767. The van der Waals surface area contributed by atoms with Crippen molar-refractivity contribution in [2.75, 3.05) is 29.9 Å². The van der Waals surface area contributed by atoms with Crippen LogP contribution in [0.15, 0.2) is 54.6 Å². The van der Waals surface area contributed by atoms with Crippen molar-refractivity contribution in [1.29, 1.82) is 0 Å². The Hall–Kier alpha value is -2.53. The molecule has 4 nitrogen and oxygen atoms in total. The van der Waals surface area contributed by atoms with Crippen LogP contribution in [-0.4, -0.2) is 40.4 Å². The second kappa shape index (κ2) is 7.38. The molecule has 0 spiro atoms. The van der Waals surface area contributed by atoms with E-state index in [0.717, 1.165) is 46.9 Å². The fourth-order valence-corrected chi connectivity index (χ4v) is 4.10.